The van der Waals surface area contributed by atoms with Gasteiger partial charge in [-0.15, -0.1) is 11.8 Å². The van der Waals surface area contributed by atoms with Crippen LogP contribution in [-0.2, 0) is 22.6 Å². The van der Waals surface area contributed by atoms with Crippen molar-refractivity contribution in [3.8, 4) is 5.69 Å². The minimum absolute atomic E-state index is 0.0624. The van der Waals surface area contributed by atoms with Crippen LogP contribution in [-0.4, -0.2) is 27.0 Å². The molecule has 0 unspecified atom stereocenters. The molecule has 0 atom stereocenters. The maximum Gasteiger partial charge on any atom is 0.316 e. The number of aromatic nitrogens is 2. The first-order chi connectivity index (χ1) is 14.5. The molecule has 0 bridgehead atoms. The molecular formula is C23H22N2O3S2. The molecule has 0 fully saturated rings. The number of hydrogen-bond donors (Lipinski definition) is 0. The summed E-state index contributed by atoms with van der Waals surface area (Å²) in [5.41, 5.74) is 4.63. The van der Waals surface area contributed by atoms with E-state index in [1.165, 1.54) is 11.8 Å². The second-order valence-electron chi connectivity index (χ2n) is 7.19. The van der Waals surface area contributed by atoms with Crippen molar-refractivity contribution in [2.75, 3.05) is 11.5 Å². The summed E-state index contributed by atoms with van der Waals surface area (Å²) in [4.78, 5) is 31.0. The van der Waals surface area contributed by atoms with Crippen molar-refractivity contribution in [3.63, 3.8) is 0 Å². The van der Waals surface area contributed by atoms with E-state index in [2.05, 4.69) is 6.07 Å². The maximum absolute atomic E-state index is 13.2. The van der Waals surface area contributed by atoms with Crippen molar-refractivity contribution in [2.24, 2.45) is 0 Å². The van der Waals surface area contributed by atoms with Gasteiger partial charge in [-0.25, -0.2) is 4.98 Å². The Morgan fingerprint density at radius 3 is 2.63 bits per heavy atom. The van der Waals surface area contributed by atoms with Crippen molar-refractivity contribution in [1.82, 2.24) is 9.55 Å². The second-order valence-corrected chi connectivity index (χ2v) is 9.24. The molecular weight excluding hydrogens is 416 g/mol. The van der Waals surface area contributed by atoms with Gasteiger partial charge in [0.15, 0.2) is 5.16 Å². The Labute approximate surface area is 183 Å². The highest BCUT2D eigenvalue weighted by molar-refractivity contribution is 8.00. The quantitative estimate of drug-likeness (QED) is 0.324. The van der Waals surface area contributed by atoms with E-state index < -0.39 is 0 Å². The molecule has 3 aromatic rings. The van der Waals surface area contributed by atoms with Gasteiger partial charge in [0.2, 0.25) is 0 Å². The van der Waals surface area contributed by atoms with Crippen molar-refractivity contribution in [1.29, 1.82) is 0 Å². The summed E-state index contributed by atoms with van der Waals surface area (Å²) in [5, 5.41) is 0.530. The summed E-state index contributed by atoms with van der Waals surface area (Å²) in [5.74, 6) is 0.619. The molecule has 1 aliphatic rings. The first kappa shape index (κ1) is 20.8. The Balaban J connectivity index is 1.58. The third-order valence-corrected chi connectivity index (χ3v) is 6.71. The second kappa shape index (κ2) is 9.10. The summed E-state index contributed by atoms with van der Waals surface area (Å²) < 4.78 is 7.01. The van der Waals surface area contributed by atoms with Crippen molar-refractivity contribution < 1.29 is 9.53 Å². The molecule has 4 rings (SSSR count). The number of ether oxygens (including phenoxy) is 1. The van der Waals surface area contributed by atoms with E-state index in [9.17, 15) is 9.59 Å². The third kappa shape index (κ3) is 4.63. The first-order valence-electron chi connectivity index (χ1n) is 9.71. The Morgan fingerprint density at radius 1 is 1.17 bits per heavy atom. The zero-order valence-electron chi connectivity index (χ0n) is 16.9. The van der Waals surface area contributed by atoms with Gasteiger partial charge in [-0.2, -0.15) is 0 Å². The van der Waals surface area contributed by atoms with Crippen LogP contribution in [0.5, 0.6) is 0 Å². The van der Waals surface area contributed by atoms with Crippen LogP contribution in [0.4, 0.5) is 0 Å². The van der Waals surface area contributed by atoms with Crippen LogP contribution in [0, 0.1) is 13.8 Å². The lowest BCUT2D eigenvalue weighted by atomic mass is 10.1. The van der Waals surface area contributed by atoms with Gasteiger partial charge in [-0.1, -0.05) is 48.2 Å². The van der Waals surface area contributed by atoms with Gasteiger partial charge in [0, 0.05) is 12.2 Å². The van der Waals surface area contributed by atoms with Crippen LogP contribution < -0.4 is 5.56 Å². The molecule has 0 aliphatic carbocycles. The van der Waals surface area contributed by atoms with Crippen molar-refractivity contribution in [2.45, 2.75) is 36.9 Å². The number of benzene rings is 2. The first-order valence-corrected chi connectivity index (χ1v) is 11.7. The van der Waals surface area contributed by atoms with E-state index in [4.69, 9.17) is 9.72 Å². The van der Waals surface area contributed by atoms with E-state index >= 15 is 0 Å². The molecule has 2 heterocycles. The topological polar surface area (TPSA) is 61.2 Å². The highest BCUT2D eigenvalue weighted by Gasteiger charge is 2.23. The Kier molecular flexibility index (Phi) is 6.29. The van der Waals surface area contributed by atoms with E-state index in [0.717, 1.165) is 40.2 Å². The van der Waals surface area contributed by atoms with E-state index in [1.807, 2.05) is 56.3 Å². The molecule has 30 heavy (non-hydrogen) atoms. The fourth-order valence-electron chi connectivity index (χ4n) is 3.40. The minimum Gasteiger partial charge on any atom is -0.460 e. The molecule has 0 amide bonds. The van der Waals surface area contributed by atoms with Gasteiger partial charge in [0.05, 0.1) is 22.0 Å². The number of nitrogens with zero attached hydrogens (tertiary/aromatic N) is 2. The number of carbonyl (C=O) groups is 1. The monoisotopic (exact) mass is 438 g/mol. The molecule has 2 aromatic carbocycles. The van der Waals surface area contributed by atoms with E-state index in [-0.39, 0.29) is 23.9 Å². The zero-order valence-corrected chi connectivity index (χ0v) is 18.5. The predicted octanol–water partition coefficient (Wildman–Crippen LogP) is 4.33. The summed E-state index contributed by atoms with van der Waals surface area (Å²) in [6, 6.07) is 15.6. The van der Waals surface area contributed by atoms with Gasteiger partial charge in [-0.05, 0) is 42.7 Å². The van der Waals surface area contributed by atoms with Crippen LogP contribution in [0.2, 0.25) is 0 Å². The number of esters is 1. The number of aryl methyl sites for hydroxylation is 3. The summed E-state index contributed by atoms with van der Waals surface area (Å²) in [6.07, 6.45) is 0.773. The summed E-state index contributed by atoms with van der Waals surface area (Å²) in [7, 11) is 0. The van der Waals surface area contributed by atoms with E-state index in [1.54, 1.807) is 16.3 Å². The number of fused-ring (bicyclic) bond motifs is 1. The van der Waals surface area contributed by atoms with Gasteiger partial charge in [0.1, 0.15) is 6.61 Å². The lowest BCUT2D eigenvalue weighted by Crippen LogP contribution is -2.24. The van der Waals surface area contributed by atoms with Gasteiger partial charge in [0.25, 0.3) is 5.56 Å². The number of hydrogen-bond acceptors (Lipinski definition) is 6. The standard InChI is InChI=1S/C23H22N2O3S2/c1-15-10-16(2)12-18(11-15)25-22(27)21-19(8-9-29-21)24-23(25)30-14-20(26)28-13-17-6-4-3-5-7-17/h3-7,10-12H,8-9,13-14H2,1-2H3. The average Bonchev–Trinajstić information content (AvgIpc) is 3.20. The molecule has 0 spiro atoms. The van der Waals surface area contributed by atoms with Crippen LogP contribution in [0.3, 0.4) is 0 Å². The Hall–Kier alpha value is -2.51. The number of carbonyl (C=O) groups excluding carboxylic acids is 1. The summed E-state index contributed by atoms with van der Waals surface area (Å²) >= 11 is 2.80. The lowest BCUT2D eigenvalue weighted by molar-refractivity contribution is -0.141. The maximum atomic E-state index is 13.2. The minimum atomic E-state index is -0.333. The predicted molar refractivity (Wildman–Crippen MR) is 121 cm³/mol. The number of thioether (sulfide) groups is 2. The largest absolute Gasteiger partial charge is 0.460 e. The molecule has 0 N–H and O–H groups in total. The fourth-order valence-corrected chi connectivity index (χ4v) is 5.25. The third-order valence-electron chi connectivity index (χ3n) is 4.69. The zero-order chi connectivity index (χ0) is 21.1. The molecule has 7 heteroatoms. The highest BCUT2D eigenvalue weighted by Crippen LogP contribution is 2.30. The molecule has 5 nitrogen and oxygen atoms in total. The highest BCUT2D eigenvalue weighted by atomic mass is 32.2. The molecule has 0 radical (unpaired) electrons. The molecule has 1 aliphatic heterocycles. The number of rotatable bonds is 6. The Bertz CT molecular complexity index is 1120. The normalized spacial score (nSPS) is 12.6. The molecule has 154 valence electrons. The van der Waals surface area contributed by atoms with Crippen LogP contribution >= 0.6 is 23.5 Å². The fraction of sp³-hybridized carbons (Fsp3) is 0.261. The van der Waals surface area contributed by atoms with Gasteiger partial charge in [-0.3, -0.25) is 14.2 Å². The molecule has 0 saturated carbocycles. The van der Waals surface area contributed by atoms with Crippen molar-refractivity contribution in [3.05, 3.63) is 81.3 Å². The summed E-state index contributed by atoms with van der Waals surface area (Å²) in [6.45, 7) is 4.24. The van der Waals surface area contributed by atoms with E-state index in [0.29, 0.717) is 10.1 Å². The lowest BCUT2D eigenvalue weighted by Gasteiger charge is -2.15. The van der Waals surface area contributed by atoms with Gasteiger partial charge >= 0.3 is 5.97 Å². The van der Waals surface area contributed by atoms with Crippen LogP contribution in [0.25, 0.3) is 5.69 Å². The van der Waals surface area contributed by atoms with Crippen LogP contribution in [0.15, 0.2) is 63.4 Å². The Morgan fingerprint density at radius 2 is 1.90 bits per heavy atom. The smallest absolute Gasteiger partial charge is 0.316 e. The SMILES string of the molecule is Cc1cc(C)cc(-n2c(SCC(=O)OCc3ccccc3)nc3c(c2=O)SCC3)c1. The average molecular weight is 439 g/mol. The van der Waals surface area contributed by atoms with Gasteiger partial charge < -0.3 is 4.74 Å². The molecule has 0 saturated heterocycles. The van der Waals surface area contributed by atoms with Crippen molar-refractivity contribution >= 4 is 29.5 Å². The molecule has 1 aromatic heterocycles. The van der Waals surface area contributed by atoms with Crippen LogP contribution in [0.1, 0.15) is 22.4 Å².